The second kappa shape index (κ2) is 11.5. The van der Waals surface area contributed by atoms with E-state index in [0.717, 1.165) is 83.1 Å². The molecule has 0 bridgehead atoms. The standard InChI is InChI=1S/C47H30N2O/c1-4-14-31(15-5-1)33-24-26-34(27-25-33)39-30-40-37-20-11-13-23-43(37)50-47(40)45-38-21-10-12-22-42(38)49(46(39)45)44-29-36(32-16-6-2-7-17-32)28-41(48-44)35-18-8-3-9-19-35/h1-30H. The van der Waals surface area contributed by atoms with E-state index >= 15 is 0 Å². The first-order valence-corrected chi connectivity index (χ1v) is 17.0. The van der Waals surface area contributed by atoms with E-state index in [4.69, 9.17) is 9.40 Å². The number of hydrogen-bond donors (Lipinski definition) is 0. The Kier molecular flexibility index (Phi) is 6.49. The molecule has 10 rings (SSSR count). The molecule has 0 amide bonds. The Morgan fingerprint density at radius 2 is 0.980 bits per heavy atom. The summed E-state index contributed by atoms with van der Waals surface area (Å²) in [5, 5.41) is 4.43. The van der Waals surface area contributed by atoms with Crippen LogP contribution < -0.4 is 0 Å². The summed E-state index contributed by atoms with van der Waals surface area (Å²) in [7, 11) is 0. The lowest BCUT2D eigenvalue weighted by Gasteiger charge is -2.15. The van der Waals surface area contributed by atoms with Crippen molar-refractivity contribution in [2.24, 2.45) is 0 Å². The number of benzene rings is 7. The van der Waals surface area contributed by atoms with Gasteiger partial charge >= 0.3 is 0 Å². The number of pyridine rings is 1. The van der Waals surface area contributed by atoms with E-state index in [1.807, 2.05) is 12.1 Å². The van der Waals surface area contributed by atoms with Crippen LogP contribution in [0.1, 0.15) is 0 Å². The Morgan fingerprint density at radius 3 is 1.70 bits per heavy atom. The molecule has 0 N–H and O–H groups in total. The average Bonchev–Trinajstić information content (AvgIpc) is 3.75. The smallest absolute Gasteiger partial charge is 0.145 e. The molecule has 0 unspecified atom stereocenters. The van der Waals surface area contributed by atoms with E-state index in [9.17, 15) is 0 Å². The number of hydrogen-bond acceptors (Lipinski definition) is 2. The zero-order chi connectivity index (χ0) is 33.0. The van der Waals surface area contributed by atoms with Crippen LogP contribution in [-0.4, -0.2) is 9.55 Å². The third-order valence-electron chi connectivity index (χ3n) is 9.80. The number of fused-ring (bicyclic) bond motifs is 7. The molecule has 3 heterocycles. The molecule has 0 radical (unpaired) electrons. The lowest BCUT2D eigenvalue weighted by molar-refractivity contribution is 0.673. The number of nitrogens with zero attached hydrogens (tertiary/aromatic N) is 2. The summed E-state index contributed by atoms with van der Waals surface area (Å²) in [6.45, 7) is 0. The third kappa shape index (κ3) is 4.56. The minimum atomic E-state index is 0.856. The molecule has 0 spiro atoms. The Hall–Kier alpha value is -6.71. The van der Waals surface area contributed by atoms with Crippen LogP contribution in [0.2, 0.25) is 0 Å². The van der Waals surface area contributed by atoms with Crippen LogP contribution in [0.25, 0.3) is 94.2 Å². The number of para-hydroxylation sites is 2. The molecule has 234 valence electrons. The number of rotatable bonds is 5. The molecule has 10 aromatic rings. The van der Waals surface area contributed by atoms with Gasteiger partial charge in [-0.25, -0.2) is 4.98 Å². The summed E-state index contributed by atoms with van der Waals surface area (Å²) in [5.74, 6) is 0.856. The van der Waals surface area contributed by atoms with Gasteiger partial charge in [0.25, 0.3) is 0 Å². The molecule has 0 saturated carbocycles. The van der Waals surface area contributed by atoms with Gasteiger partial charge in [0.15, 0.2) is 0 Å². The Labute approximate surface area is 289 Å². The van der Waals surface area contributed by atoms with Crippen molar-refractivity contribution in [3.63, 3.8) is 0 Å². The van der Waals surface area contributed by atoms with Crippen LogP contribution >= 0.6 is 0 Å². The van der Waals surface area contributed by atoms with Gasteiger partial charge in [-0.1, -0.05) is 152 Å². The van der Waals surface area contributed by atoms with Crippen LogP contribution in [0.5, 0.6) is 0 Å². The van der Waals surface area contributed by atoms with E-state index in [1.54, 1.807) is 0 Å². The third-order valence-corrected chi connectivity index (χ3v) is 9.80. The van der Waals surface area contributed by atoms with Gasteiger partial charge in [0, 0.05) is 27.3 Å². The maximum atomic E-state index is 6.74. The first kappa shape index (κ1) is 28.3. The molecule has 0 aliphatic rings. The van der Waals surface area contributed by atoms with E-state index in [2.05, 4.69) is 174 Å². The second-order valence-electron chi connectivity index (χ2n) is 12.7. The predicted octanol–water partition coefficient (Wildman–Crippen LogP) is 12.7. The minimum Gasteiger partial charge on any atom is -0.455 e. The fourth-order valence-corrected chi connectivity index (χ4v) is 7.45. The maximum absolute atomic E-state index is 6.74. The molecule has 0 saturated heterocycles. The molecule has 0 fully saturated rings. The van der Waals surface area contributed by atoms with Crippen LogP contribution in [0.15, 0.2) is 186 Å². The molecular formula is C47H30N2O. The van der Waals surface area contributed by atoms with Gasteiger partial charge in [0.1, 0.15) is 17.0 Å². The molecule has 0 aliphatic heterocycles. The van der Waals surface area contributed by atoms with E-state index < -0.39 is 0 Å². The Bertz CT molecular complexity index is 2770. The van der Waals surface area contributed by atoms with E-state index in [-0.39, 0.29) is 0 Å². The van der Waals surface area contributed by atoms with Crippen molar-refractivity contribution >= 4 is 43.7 Å². The lowest BCUT2D eigenvalue weighted by atomic mass is 9.96. The number of aromatic nitrogens is 2. The summed E-state index contributed by atoms with van der Waals surface area (Å²) >= 11 is 0. The fraction of sp³-hybridized carbons (Fsp3) is 0. The molecule has 0 atom stereocenters. The van der Waals surface area contributed by atoms with Gasteiger partial charge in [0.05, 0.1) is 22.1 Å². The SMILES string of the molecule is c1ccc(-c2ccc(-c3cc4c5ccccc5oc4c4c5ccccc5n(-c5cc(-c6ccccc6)cc(-c6ccccc6)n5)c34)cc2)cc1. The quantitative estimate of drug-likeness (QED) is 0.188. The van der Waals surface area contributed by atoms with E-state index in [0.29, 0.717) is 0 Å². The van der Waals surface area contributed by atoms with Crippen LogP contribution in [0.4, 0.5) is 0 Å². The summed E-state index contributed by atoms with van der Waals surface area (Å²) in [6, 6.07) is 64.2. The molecule has 7 aromatic carbocycles. The Balaban J connectivity index is 1.33. The highest BCUT2D eigenvalue weighted by Gasteiger charge is 2.24. The first-order chi connectivity index (χ1) is 24.8. The second-order valence-corrected chi connectivity index (χ2v) is 12.7. The topological polar surface area (TPSA) is 31.0 Å². The monoisotopic (exact) mass is 638 g/mol. The van der Waals surface area contributed by atoms with Crippen LogP contribution in [0, 0.1) is 0 Å². The number of furan rings is 1. The molecule has 50 heavy (non-hydrogen) atoms. The highest BCUT2D eigenvalue weighted by molar-refractivity contribution is 6.27. The summed E-state index contributed by atoms with van der Waals surface area (Å²) < 4.78 is 9.09. The van der Waals surface area contributed by atoms with Crippen LogP contribution in [-0.2, 0) is 0 Å². The van der Waals surface area contributed by atoms with E-state index in [1.165, 1.54) is 11.1 Å². The zero-order valence-corrected chi connectivity index (χ0v) is 27.1. The van der Waals surface area contributed by atoms with Crippen molar-refractivity contribution in [2.75, 3.05) is 0 Å². The summed E-state index contributed by atoms with van der Waals surface area (Å²) in [6.07, 6.45) is 0. The van der Waals surface area contributed by atoms with Crippen molar-refractivity contribution in [3.8, 4) is 50.5 Å². The van der Waals surface area contributed by atoms with Gasteiger partial charge in [-0.3, -0.25) is 4.57 Å². The van der Waals surface area contributed by atoms with Gasteiger partial charge in [-0.15, -0.1) is 0 Å². The summed E-state index contributed by atoms with van der Waals surface area (Å²) in [4.78, 5) is 5.42. The average molecular weight is 639 g/mol. The summed E-state index contributed by atoms with van der Waals surface area (Å²) in [5.41, 5.74) is 12.8. The zero-order valence-electron chi connectivity index (χ0n) is 27.1. The molecule has 3 nitrogen and oxygen atoms in total. The van der Waals surface area contributed by atoms with Crippen LogP contribution in [0.3, 0.4) is 0 Å². The lowest BCUT2D eigenvalue weighted by Crippen LogP contribution is -2.01. The van der Waals surface area contributed by atoms with Gasteiger partial charge in [0.2, 0.25) is 0 Å². The van der Waals surface area contributed by atoms with Crippen molar-refractivity contribution < 1.29 is 4.42 Å². The van der Waals surface area contributed by atoms with Crippen molar-refractivity contribution in [1.82, 2.24) is 9.55 Å². The molecule has 3 heteroatoms. The maximum Gasteiger partial charge on any atom is 0.145 e. The Morgan fingerprint density at radius 1 is 0.420 bits per heavy atom. The predicted molar refractivity (Wildman–Crippen MR) is 208 cm³/mol. The highest BCUT2D eigenvalue weighted by atomic mass is 16.3. The van der Waals surface area contributed by atoms with Gasteiger partial charge in [-0.05, 0) is 58.1 Å². The first-order valence-electron chi connectivity index (χ1n) is 17.0. The fourth-order valence-electron chi connectivity index (χ4n) is 7.45. The molecular weight excluding hydrogens is 609 g/mol. The van der Waals surface area contributed by atoms with Crippen molar-refractivity contribution in [1.29, 1.82) is 0 Å². The van der Waals surface area contributed by atoms with Gasteiger partial charge < -0.3 is 4.42 Å². The van der Waals surface area contributed by atoms with Crippen molar-refractivity contribution in [3.05, 3.63) is 182 Å². The van der Waals surface area contributed by atoms with Crippen molar-refractivity contribution in [2.45, 2.75) is 0 Å². The normalized spacial score (nSPS) is 11.6. The highest BCUT2D eigenvalue weighted by Crippen LogP contribution is 2.45. The van der Waals surface area contributed by atoms with Gasteiger partial charge in [-0.2, -0.15) is 0 Å². The minimum absolute atomic E-state index is 0.856. The molecule has 0 aliphatic carbocycles. The largest absolute Gasteiger partial charge is 0.455 e. The molecule has 3 aromatic heterocycles.